The molecule has 2 fully saturated rings. The predicted molar refractivity (Wildman–Crippen MR) is 72.1 cm³/mol. The molecule has 1 aliphatic carbocycles. The van der Waals surface area contributed by atoms with Gasteiger partial charge in [-0.3, -0.25) is 0 Å². The molecule has 2 heteroatoms. The van der Waals surface area contributed by atoms with Gasteiger partial charge in [0.15, 0.2) is 0 Å². The van der Waals surface area contributed by atoms with Crippen LogP contribution in [0.2, 0.25) is 0 Å². The van der Waals surface area contributed by atoms with Gasteiger partial charge in [0, 0.05) is 25.3 Å². The highest BCUT2D eigenvalue weighted by atomic mass is 16.5. The van der Waals surface area contributed by atoms with Crippen molar-refractivity contribution in [2.45, 2.75) is 65.0 Å². The second kappa shape index (κ2) is 6.19. The molecule has 17 heavy (non-hydrogen) atoms. The molecule has 4 atom stereocenters. The Morgan fingerprint density at radius 3 is 2.47 bits per heavy atom. The molecule has 0 aromatic carbocycles. The Morgan fingerprint density at radius 2 is 1.76 bits per heavy atom. The minimum atomic E-state index is 0.664. The fourth-order valence-corrected chi connectivity index (χ4v) is 3.51. The largest absolute Gasteiger partial charge is 0.381 e. The van der Waals surface area contributed by atoms with Crippen molar-refractivity contribution in [2.75, 3.05) is 13.2 Å². The van der Waals surface area contributed by atoms with Gasteiger partial charge in [0.05, 0.1) is 0 Å². The van der Waals surface area contributed by atoms with Gasteiger partial charge in [-0.25, -0.2) is 0 Å². The van der Waals surface area contributed by atoms with Gasteiger partial charge < -0.3 is 10.1 Å². The zero-order valence-corrected chi connectivity index (χ0v) is 11.7. The normalized spacial score (nSPS) is 37.9. The molecule has 1 N–H and O–H groups in total. The standard InChI is InChI=1S/C15H29NO/c1-11-5-4-6-15(12(11)2)16-13(3)14-7-9-17-10-8-14/h11-16H,4-10H2,1-3H3. The van der Waals surface area contributed by atoms with E-state index >= 15 is 0 Å². The third kappa shape index (κ3) is 3.45. The molecule has 0 bridgehead atoms. The van der Waals surface area contributed by atoms with Crippen LogP contribution in [0.25, 0.3) is 0 Å². The second-order valence-corrected chi connectivity index (χ2v) is 6.28. The van der Waals surface area contributed by atoms with E-state index in [9.17, 15) is 0 Å². The van der Waals surface area contributed by atoms with Gasteiger partial charge in [-0.15, -0.1) is 0 Å². The molecular weight excluding hydrogens is 210 g/mol. The Morgan fingerprint density at radius 1 is 1.06 bits per heavy atom. The summed E-state index contributed by atoms with van der Waals surface area (Å²) in [4.78, 5) is 0. The zero-order valence-electron chi connectivity index (χ0n) is 11.7. The van der Waals surface area contributed by atoms with Crippen LogP contribution in [0.3, 0.4) is 0 Å². The molecule has 0 aromatic heterocycles. The molecule has 0 radical (unpaired) electrons. The summed E-state index contributed by atoms with van der Waals surface area (Å²) in [5.41, 5.74) is 0. The Balaban J connectivity index is 1.82. The lowest BCUT2D eigenvalue weighted by Crippen LogP contribution is -2.48. The van der Waals surface area contributed by atoms with Gasteiger partial charge in [-0.2, -0.15) is 0 Å². The topological polar surface area (TPSA) is 21.3 Å². The van der Waals surface area contributed by atoms with Crippen LogP contribution in [0.1, 0.15) is 52.9 Å². The van der Waals surface area contributed by atoms with Gasteiger partial charge in [0.25, 0.3) is 0 Å². The summed E-state index contributed by atoms with van der Waals surface area (Å²) in [5.74, 6) is 2.56. The van der Waals surface area contributed by atoms with E-state index in [0.29, 0.717) is 6.04 Å². The van der Waals surface area contributed by atoms with Crippen LogP contribution in [0.15, 0.2) is 0 Å². The summed E-state index contributed by atoms with van der Waals surface area (Å²) in [6, 6.07) is 1.41. The first-order valence-corrected chi connectivity index (χ1v) is 7.52. The number of hydrogen-bond acceptors (Lipinski definition) is 2. The van der Waals surface area contributed by atoms with Crippen LogP contribution in [-0.4, -0.2) is 25.3 Å². The highest BCUT2D eigenvalue weighted by Crippen LogP contribution is 2.30. The Hall–Kier alpha value is -0.0800. The molecule has 2 nitrogen and oxygen atoms in total. The van der Waals surface area contributed by atoms with Crippen LogP contribution in [0, 0.1) is 17.8 Å². The van der Waals surface area contributed by atoms with E-state index in [-0.39, 0.29) is 0 Å². The SMILES string of the molecule is CC1CCCC(NC(C)C2CCOCC2)C1C. The first kappa shape index (κ1) is 13.4. The van der Waals surface area contributed by atoms with E-state index in [4.69, 9.17) is 4.74 Å². The molecule has 1 heterocycles. The summed E-state index contributed by atoms with van der Waals surface area (Å²) in [6.45, 7) is 9.15. The summed E-state index contributed by atoms with van der Waals surface area (Å²) >= 11 is 0. The quantitative estimate of drug-likeness (QED) is 0.816. The van der Waals surface area contributed by atoms with E-state index in [2.05, 4.69) is 26.1 Å². The van der Waals surface area contributed by atoms with Crippen molar-refractivity contribution in [2.24, 2.45) is 17.8 Å². The van der Waals surface area contributed by atoms with E-state index in [1.807, 2.05) is 0 Å². The van der Waals surface area contributed by atoms with Gasteiger partial charge in [0.1, 0.15) is 0 Å². The molecule has 1 aliphatic heterocycles. The highest BCUT2D eigenvalue weighted by Gasteiger charge is 2.30. The average Bonchev–Trinajstić information content (AvgIpc) is 2.36. The van der Waals surface area contributed by atoms with Crippen LogP contribution in [-0.2, 0) is 4.74 Å². The third-order valence-electron chi connectivity index (χ3n) is 5.16. The Labute approximate surface area is 107 Å². The maximum atomic E-state index is 5.45. The fraction of sp³-hybridized carbons (Fsp3) is 1.00. The smallest absolute Gasteiger partial charge is 0.0469 e. The van der Waals surface area contributed by atoms with Crippen LogP contribution < -0.4 is 5.32 Å². The second-order valence-electron chi connectivity index (χ2n) is 6.28. The fourth-order valence-electron chi connectivity index (χ4n) is 3.51. The number of nitrogens with one attached hydrogen (secondary N) is 1. The van der Waals surface area contributed by atoms with Crippen LogP contribution in [0.4, 0.5) is 0 Å². The predicted octanol–water partition coefficient (Wildman–Crippen LogP) is 3.22. The van der Waals surface area contributed by atoms with Crippen molar-refractivity contribution in [1.29, 1.82) is 0 Å². The van der Waals surface area contributed by atoms with Gasteiger partial charge in [-0.1, -0.05) is 26.7 Å². The van der Waals surface area contributed by atoms with E-state index in [0.717, 1.165) is 37.0 Å². The van der Waals surface area contributed by atoms with E-state index < -0.39 is 0 Å². The first-order chi connectivity index (χ1) is 8.18. The molecule has 0 spiro atoms. The lowest BCUT2D eigenvalue weighted by atomic mass is 9.77. The summed E-state index contributed by atoms with van der Waals surface area (Å²) in [5, 5.41) is 3.91. The molecular formula is C15H29NO. The number of ether oxygens (including phenoxy) is 1. The molecule has 4 unspecified atom stereocenters. The van der Waals surface area contributed by atoms with Crippen molar-refractivity contribution >= 4 is 0 Å². The van der Waals surface area contributed by atoms with E-state index in [1.165, 1.54) is 32.1 Å². The van der Waals surface area contributed by atoms with Crippen molar-refractivity contribution in [1.82, 2.24) is 5.32 Å². The average molecular weight is 239 g/mol. The summed E-state index contributed by atoms with van der Waals surface area (Å²) in [6.07, 6.45) is 6.68. The minimum Gasteiger partial charge on any atom is -0.381 e. The summed E-state index contributed by atoms with van der Waals surface area (Å²) in [7, 11) is 0. The Bertz CT molecular complexity index is 225. The maximum Gasteiger partial charge on any atom is 0.0469 e. The van der Waals surface area contributed by atoms with Crippen molar-refractivity contribution in [3.63, 3.8) is 0 Å². The van der Waals surface area contributed by atoms with Crippen molar-refractivity contribution < 1.29 is 4.74 Å². The third-order valence-corrected chi connectivity index (χ3v) is 5.16. The zero-order chi connectivity index (χ0) is 12.3. The summed E-state index contributed by atoms with van der Waals surface area (Å²) < 4.78 is 5.45. The lowest BCUT2D eigenvalue weighted by molar-refractivity contribution is 0.0507. The molecule has 2 rings (SSSR count). The van der Waals surface area contributed by atoms with Crippen molar-refractivity contribution in [3.05, 3.63) is 0 Å². The van der Waals surface area contributed by atoms with Gasteiger partial charge in [0.2, 0.25) is 0 Å². The van der Waals surface area contributed by atoms with Crippen molar-refractivity contribution in [3.8, 4) is 0 Å². The molecule has 2 aliphatic rings. The molecule has 0 aromatic rings. The Kier molecular flexibility index (Phi) is 4.87. The van der Waals surface area contributed by atoms with Crippen LogP contribution in [0.5, 0.6) is 0 Å². The molecule has 1 saturated heterocycles. The lowest BCUT2D eigenvalue weighted by Gasteiger charge is -2.39. The van der Waals surface area contributed by atoms with Gasteiger partial charge in [-0.05, 0) is 43.9 Å². The van der Waals surface area contributed by atoms with Gasteiger partial charge >= 0.3 is 0 Å². The molecule has 100 valence electrons. The monoisotopic (exact) mass is 239 g/mol. The van der Waals surface area contributed by atoms with Crippen LogP contribution >= 0.6 is 0 Å². The molecule has 1 saturated carbocycles. The number of rotatable bonds is 3. The number of hydrogen-bond donors (Lipinski definition) is 1. The minimum absolute atomic E-state index is 0.664. The highest BCUT2D eigenvalue weighted by molar-refractivity contribution is 4.86. The maximum absolute atomic E-state index is 5.45. The molecule has 0 amide bonds. The van der Waals surface area contributed by atoms with E-state index in [1.54, 1.807) is 0 Å². The first-order valence-electron chi connectivity index (χ1n) is 7.52.